The topological polar surface area (TPSA) is 78.0 Å². The highest BCUT2D eigenvalue weighted by atomic mass is 32.2. The van der Waals surface area contributed by atoms with Gasteiger partial charge in [0.25, 0.3) is 0 Å². The summed E-state index contributed by atoms with van der Waals surface area (Å²) in [5.41, 5.74) is 0. The van der Waals surface area contributed by atoms with E-state index >= 15 is 0 Å². The minimum Gasteiger partial charge on any atom is -0.339 e. The summed E-state index contributed by atoms with van der Waals surface area (Å²) in [6.07, 6.45) is 3.32. The Kier molecular flexibility index (Phi) is 5.50. The Balaban J connectivity index is 1.24. The number of rotatable bonds is 4. The second kappa shape index (κ2) is 7.76. The predicted molar refractivity (Wildman–Crippen MR) is 107 cm³/mol. The first-order chi connectivity index (χ1) is 13.3. The molecule has 0 bridgehead atoms. The molecule has 7 nitrogen and oxygen atoms in total. The second-order valence-corrected chi connectivity index (χ2v) is 11.0. The van der Waals surface area contributed by atoms with Crippen molar-refractivity contribution >= 4 is 33.2 Å². The van der Waals surface area contributed by atoms with Gasteiger partial charge >= 0.3 is 0 Å². The van der Waals surface area contributed by atoms with E-state index in [1.165, 1.54) is 15.4 Å². The molecule has 2 amide bonds. The largest absolute Gasteiger partial charge is 0.339 e. The van der Waals surface area contributed by atoms with Gasteiger partial charge in [0.2, 0.25) is 21.8 Å². The zero-order chi connectivity index (χ0) is 19.9. The quantitative estimate of drug-likeness (QED) is 0.726. The SMILES string of the molecule is CS(=O)(=O)N1CCC(C(=O)N2CCN(C(=O)[C@H]3C[C@@H]3c3cccs3)CC2)CC1. The average molecular weight is 426 g/mol. The Hall–Kier alpha value is -1.45. The van der Waals surface area contributed by atoms with E-state index in [1.807, 2.05) is 15.9 Å². The Labute approximate surface area is 170 Å². The lowest BCUT2D eigenvalue weighted by Crippen LogP contribution is -2.53. The van der Waals surface area contributed by atoms with E-state index in [9.17, 15) is 18.0 Å². The summed E-state index contributed by atoms with van der Waals surface area (Å²) in [4.78, 5) is 30.6. The molecule has 2 saturated heterocycles. The lowest BCUT2D eigenvalue weighted by Gasteiger charge is -2.38. The fourth-order valence-electron chi connectivity index (χ4n) is 4.36. The van der Waals surface area contributed by atoms with Crippen molar-refractivity contribution in [2.75, 3.05) is 45.5 Å². The number of carbonyl (C=O) groups is 2. The van der Waals surface area contributed by atoms with Gasteiger partial charge < -0.3 is 9.80 Å². The van der Waals surface area contributed by atoms with Gasteiger partial charge in [0.1, 0.15) is 0 Å². The molecule has 3 heterocycles. The lowest BCUT2D eigenvalue weighted by atomic mass is 9.96. The third-order valence-electron chi connectivity index (χ3n) is 6.19. The van der Waals surface area contributed by atoms with Crippen LogP contribution in [0.15, 0.2) is 17.5 Å². The molecule has 0 radical (unpaired) electrons. The van der Waals surface area contributed by atoms with Crippen molar-refractivity contribution in [1.29, 1.82) is 0 Å². The average Bonchev–Trinajstić information content (AvgIpc) is 3.31. The fourth-order valence-corrected chi connectivity index (χ4v) is 6.14. The molecule has 3 aliphatic rings. The lowest BCUT2D eigenvalue weighted by molar-refractivity contribution is -0.143. The van der Waals surface area contributed by atoms with Crippen LogP contribution in [0.4, 0.5) is 0 Å². The van der Waals surface area contributed by atoms with E-state index in [-0.39, 0.29) is 23.7 Å². The van der Waals surface area contributed by atoms with Crippen molar-refractivity contribution in [3.63, 3.8) is 0 Å². The predicted octanol–water partition coefficient (Wildman–Crippen LogP) is 1.19. The van der Waals surface area contributed by atoms with E-state index in [4.69, 9.17) is 0 Å². The van der Waals surface area contributed by atoms with Crippen LogP contribution in [0, 0.1) is 11.8 Å². The number of thiophene rings is 1. The minimum absolute atomic E-state index is 0.105. The molecule has 0 unspecified atom stereocenters. The summed E-state index contributed by atoms with van der Waals surface area (Å²) in [6.45, 7) is 3.18. The monoisotopic (exact) mass is 425 g/mol. The van der Waals surface area contributed by atoms with Crippen molar-refractivity contribution < 1.29 is 18.0 Å². The van der Waals surface area contributed by atoms with Crippen molar-refractivity contribution in [1.82, 2.24) is 14.1 Å². The van der Waals surface area contributed by atoms with E-state index < -0.39 is 10.0 Å². The number of amides is 2. The third kappa shape index (κ3) is 4.11. The molecule has 154 valence electrons. The van der Waals surface area contributed by atoms with Crippen LogP contribution >= 0.6 is 11.3 Å². The number of sulfonamides is 1. The molecule has 1 saturated carbocycles. The van der Waals surface area contributed by atoms with Crippen LogP contribution < -0.4 is 0 Å². The van der Waals surface area contributed by atoms with Crippen molar-refractivity contribution in [2.24, 2.45) is 11.8 Å². The van der Waals surface area contributed by atoms with Crippen molar-refractivity contribution in [3.8, 4) is 0 Å². The minimum atomic E-state index is -3.17. The Morgan fingerprint density at radius 3 is 2.14 bits per heavy atom. The highest BCUT2D eigenvalue weighted by molar-refractivity contribution is 7.88. The van der Waals surface area contributed by atoms with Gasteiger partial charge in [-0.25, -0.2) is 12.7 Å². The molecule has 1 aromatic heterocycles. The molecule has 0 N–H and O–H groups in total. The number of nitrogens with zero attached hydrogens (tertiary/aromatic N) is 3. The highest BCUT2D eigenvalue weighted by Gasteiger charge is 2.46. The second-order valence-electron chi connectivity index (χ2n) is 8.05. The van der Waals surface area contributed by atoms with Crippen molar-refractivity contribution in [3.05, 3.63) is 22.4 Å². The summed E-state index contributed by atoms with van der Waals surface area (Å²) < 4.78 is 24.7. The van der Waals surface area contributed by atoms with Crippen LogP contribution in [0.3, 0.4) is 0 Å². The van der Waals surface area contributed by atoms with Gasteiger partial charge in [0, 0.05) is 61.9 Å². The summed E-state index contributed by atoms with van der Waals surface area (Å²) in [6, 6.07) is 4.14. The zero-order valence-electron chi connectivity index (χ0n) is 16.1. The highest BCUT2D eigenvalue weighted by Crippen LogP contribution is 2.50. The van der Waals surface area contributed by atoms with Gasteiger partial charge in [-0.3, -0.25) is 9.59 Å². The first-order valence-electron chi connectivity index (χ1n) is 9.90. The molecule has 2 atom stereocenters. The molecule has 2 aliphatic heterocycles. The summed E-state index contributed by atoms with van der Waals surface area (Å²) >= 11 is 1.72. The molecule has 1 aliphatic carbocycles. The molecule has 28 heavy (non-hydrogen) atoms. The Morgan fingerprint density at radius 1 is 1.00 bits per heavy atom. The molecule has 1 aromatic rings. The maximum absolute atomic E-state index is 12.8. The Bertz CT molecular complexity index is 823. The summed E-state index contributed by atoms with van der Waals surface area (Å²) in [5, 5.41) is 2.06. The molecule has 0 aromatic carbocycles. The van der Waals surface area contributed by atoms with E-state index in [0.29, 0.717) is 58.0 Å². The standard InChI is InChI=1S/C19H27N3O4S2/c1-28(25,26)22-6-4-14(5-7-22)18(23)20-8-10-21(11-9-20)19(24)16-13-15(16)17-3-2-12-27-17/h2-3,12,14-16H,4-11,13H2,1H3/t15-,16-/m0/s1. The van der Waals surface area contributed by atoms with E-state index in [1.54, 1.807) is 11.3 Å². The fraction of sp³-hybridized carbons (Fsp3) is 0.684. The maximum atomic E-state index is 12.8. The van der Waals surface area contributed by atoms with Gasteiger partial charge in [0.15, 0.2) is 0 Å². The molecule has 9 heteroatoms. The van der Waals surface area contributed by atoms with E-state index in [2.05, 4.69) is 11.4 Å². The third-order valence-corrected chi connectivity index (χ3v) is 8.50. The molecular weight excluding hydrogens is 398 g/mol. The van der Waals surface area contributed by atoms with Gasteiger partial charge in [-0.05, 0) is 30.7 Å². The Morgan fingerprint density at radius 2 is 1.61 bits per heavy atom. The van der Waals surface area contributed by atoms with E-state index in [0.717, 1.165) is 6.42 Å². The van der Waals surface area contributed by atoms with Gasteiger partial charge in [-0.2, -0.15) is 0 Å². The number of hydrogen-bond donors (Lipinski definition) is 0. The van der Waals surface area contributed by atoms with Crippen LogP contribution in [0.2, 0.25) is 0 Å². The van der Waals surface area contributed by atoms with Gasteiger partial charge in [-0.1, -0.05) is 6.07 Å². The van der Waals surface area contributed by atoms with Crippen LogP contribution in [0.5, 0.6) is 0 Å². The number of carbonyl (C=O) groups excluding carboxylic acids is 2. The number of piperidine rings is 1. The van der Waals surface area contributed by atoms with Crippen LogP contribution in [-0.4, -0.2) is 79.9 Å². The van der Waals surface area contributed by atoms with Crippen molar-refractivity contribution in [2.45, 2.75) is 25.2 Å². The normalized spacial score (nSPS) is 27.0. The van der Waals surface area contributed by atoms with Crippen LogP contribution in [-0.2, 0) is 19.6 Å². The molecule has 0 spiro atoms. The summed E-state index contributed by atoms with van der Waals surface area (Å²) in [5.74, 6) is 0.732. The summed E-state index contributed by atoms with van der Waals surface area (Å²) in [7, 11) is -3.17. The zero-order valence-corrected chi connectivity index (χ0v) is 17.8. The molecular formula is C19H27N3O4S2. The maximum Gasteiger partial charge on any atom is 0.226 e. The first-order valence-corrected chi connectivity index (χ1v) is 12.6. The van der Waals surface area contributed by atoms with Crippen LogP contribution in [0.1, 0.15) is 30.1 Å². The van der Waals surface area contributed by atoms with Gasteiger partial charge in [0.05, 0.1) is 6.26 Å². The van der Waals surface area contributed by atoms with Gasteiger partial charge in [-0.15, -0.1) is 11.3 Å². The van der Waals surface area contributed by atoms with Crippen LogP contribution in [0.25, 0.3) is 0 Å². The number of hydrogen-bond acceptors (Lipinski definition) is 5. The number of piperazine rings is 1. The molecule has 4 rings (SSSR count). The first kappa shape index (κ1) is 19.8. The molecule has 3 fully saturated rings. The smallest absolute Gasteiger partial charge is 0.226 e.